The van der Waals surface area contributed by atoms with Crippen molar-refractivity contribution in [2.75, 3.05) is 6.61 Å². The van der Waals surface area contributed by atoms with Crippen molar-refractivity contribution >= 4 is 5.69 Å². The van der Waals surface area contributed by atoms with Crippen LogP contribution in [-0.4, -0.2) is 11.5 Å². The summed E-state index contributed by atoms with van der Waals surface area (Å²) >= 11 is 0. The molecule has 1 rings (SSSR count). The first-order chi connectivity index (χ1) is 8.06. The molecule has 1 aromatic carbocycles. The van der Waals surface area contributed by atoms with Crippen LogP contribution in [0.2, 0.25) is 0 Å². The molecular weight excluding hydrogens is 220 g/mol. The van der Waals surface area contributed by atoms with Gasteiger partial charge in [-0.05, 0) is 31.4 Å². The van der Waals surface area contributed by atoms with Crippen LogP contribution in [0.1, 0.15) is 24.0 Å². The van der Waals surface area contributed by atoms with E-state index in [-0.39, 0.29) is 5.69 Å². The normalized spacial score (nSPS) is 9.71. The first-order valence-electron chi connectivity index (χ1n) is 5.31. The van der Waals surface area contributed by atoms with Crippen molar-refractivity contribution in [3.8, 4) is 11.8 Å². The molecule has 0 bridgehead atoms. The molecule has 0 aromatic heterocycles. The summed E-state index contributed by atoms with van der Waals surface area (Å²) in [5, 5.41) is 19.3. The zero-order valence-electron chi connectivity index (χ0n) is 9.90. The number of hydrogen-bond donors (Lipinski definition) is 0. The predicted molar refractivity (Wildman–Crippen MR) is 62.9 cm³/mol. The van der Waals surface area contributed by atoms with Gasteiger partial charge >= 0.3 is 5.69 Å². The maximum atomic E-state index is 10.9. The molecule has 17 heavy (non-hydrogen) atoms. The van der Waals surface area contributed by atoms with Gasteiger partial charge in [-0.3, -0.25) is 10.1 Å². The fourth-order valence-electron chi connectivity index (χ4n) is 1.58. The third-order valence-electron chi connectivity index (χ3n) is 2.28. The average molecular weight is 234 g/mol. The summed E-state index contributed by atoms with van der Waals surface area (Å²) in [5.41, 5.74) is 1.56. The van der Waals surface area contributed by atoms with Gasteiger partial charge in [0.05, 0.1) is 17.6 Å². The highest BCUT2D eigenvalue weighted by molar-refractivity contribution is 5.53. The molecular formula is C12H14N2O3. The van der Waals surface area contributed by atoms with Crippen molar-refractivity contribution in [2.45, 2.75) is 26.7 Å². The lowest BCUT2D eigenvalue weighted by atomic mass is 10.1. The number of nitrogens with zero attached hydrogens (tertiary/aromatic N) is 2. The van der Waals surface area contributed by atoms with E-state index in [4.69, 9.17) is 10.00 Å². The van der Waals surface area contributed by atoms with Crippen molar-refractivity contribution in [3.05, 3.63) is 33.4 Å². The van der Waals surface area contributed by atoms with E-state index in [1.165, 1.54) is 6.07 Å². The Morgan fingerprint density at radius 1 is 1.47 bits per heavy atom. The summed E-state index contributed by atoms with van der Waals surface area (Å²) in [6.45, 7) is 3.90. The van der Waals surface area contributed by atoms with Crippen LogP contribution >= 0.6 is 0 Å². The van der Waals surface area contributed by atoms with E-state index in [9.17, 15) is 10.1 Å². The minimum absolute atomic E-state index is 0.0144. The van der Waals surface area contributed by atoms with Crippen molar-refractivity contribution in [2.24, 2.45) is 0 Å². The van der Waals surface area contributed by atoms with E-state index >= 15 is 0 Å². The van der Waals surface area contributed by atoms with Gasteiger partial charge in [0.15, 0.2) is 5.75 Å². The number of benzene rings is 1. The van der Waals surface area contributed by atoms with E-state index < -0.39 is 4.92 Å². The van der Waals surface area contributed by atoms with Crippen LogP contribution in [0.25, 0.3) is 0 Å². The average Bonchev–Trinajstić information content (AvgIpc) is 2.25. The lowest BCUT2D eigenvalue weighted by Crippen LogP contribution is -2.02. The van der Waals surface area contributed by atoms with E-state index in [0.29, 0.717) is 25.2 Å². The summed E-state index contributed by atoms with van der Waals surface area (Å²) in [6, 6.07) is 5.33. The largest absolute Gasteiger partial charge is 0.487 e. The Balaban J connectivity index is 2.89. The fourth-order valence-corrected chi connectivity index (χ4v) is 1.58. The van der Waals surface area contributed by atoms with Crippen molar-refractivity contribution < 1.29 is 9.66 Å². The number of nitriles is 1. The van der Waals surface area contributed by atoms with Crippen LogP contribution in [0.15, 0.2) is 12.1 Å². The van der Waals surface area contributed by atoms with E-state index in [1.807, 2.05) is 12.1 Å². The molecule has 5 nitrogen and oxygen atoms in total. The molecule has 0 spiro atoms. The molecule has 0 unspecified atom stereocenters. The Labute approximate surface area is 99.8 Å². The molecule has 0 aliphatic heterocycles. The second-order valence-corrected chi connectivity index (χ2v) is 3.80. The van der Waals surface area contributed by atoms with Gasteiger partial charge in [-0.15, -0.1) is 0 Å². The van der Waals surface area contributed by atoms with Crippen LogP contribution in [0.5, 0.6) is 5.75 Å². The molecule has 0 aliphatic carbocycles. The molecule has 0 aliphatic rings. The first-order valence-corrected chi connectivity index (χ1v) is 5.31. The van der Waals surface area contributed by atoms with Crippen LogP contribution < -0.4 is 4.74 Å². The number of hydrogen-bond acceptors (Lipinski definition) is 4. The molecule has 0 saturated heterocycles. The lowest BCUT2D eigenvalue weighted by molar-refractivity contribution is -0.386. The van der Waals surface area contributed by atoms with Crippen molar-refractivity contribution in [1.82, 2.24) is 0 Å². The Morgan fingerprint density at radius 3 is 2.76 bits per heavy atom. The monoisotopic (exact) mass is 234 g/mol. The summed E-state index contributed by atoms with van der Waals surface area (Å²) in [7, 11) is 0. The molecule has 0 heterocycles. The van der Waals surface area contributed by atoms with E-state index in [1.54, 1.807) is 13.8 Å². The smallest absolute Gasteiger partial charge is 0.311 e. The Bertz CT molecular complexity index is 464. The Morgan fingerprint density at radius 2 is 2.18 bits per heavy atom. The van der Waals surface area contributed by atoms with Gasteiger partial charge in [0.25, 0.3) is 0 Å². The highest BCUT2D eigenvalue weighted by atomic mass is 16.6. The van der Waals surface area contributed by atoms with E-state index in [2.05, 4.69) is 0 Å². The second kappa shape index (κ2) is 5.85. The molecule has 0 radical (unpaired) electrons. The molecule has 0 N–H and O–H groups in total. The molecule has 0 atom stereocenters. The molecule has 0 saturated carbocycles. The minimum atomic E-state index is -0.445. The van der Waals surface area contributed by atoms with Crippen LogP contribution in [0, 0.1) is 35.3 Å². The standard InChI is InChI=1S/C12H14N2O3/c1-9-7-10(2)12(11(8-9)14(15)16)17-6-4-3-5-13/h7-8H,3-4,6H2,1-2H3. The minimum Gasteiger partial charge on any atom is -0.487 e. The van der Waals surface area contributed by atoms with Crippen LogP contribution in [0.3, 0.4) is 0 Å². The van der Waals surface area contributed by atoms with Gasteiger partial charge in [-0.2, -0.15) is 5.26 Å². The molecule has 0 fully saturated rings. The summed E-state index contributed by atoms with van der Waals surface area (Å²) in [4.78, 5) is 10.4. The van der Waals surface area contributed by atoms with E-state index in [0.717, 1.165) is 11.1 Å². The number of nitro benzene ring substituents is 1. The number of aryl methyl sites for hydroxylation is 2. The van der Waals surface area contributed by atoms with Gasteiger partial charge in [0.2, 0.25) is 0 Å². The maximum Gasteiger partial charge on any atom is 0.311 e. The summed E-state index contributed by atoms with van der Waals surface area (Å²) < 4.78 is 5.39. The number of ether oxygens (including phenoxy) is 1. The fraction of sp³-hybridized carbons (Fsp3) is 0.417. The van der Waals surface area contributed by atoms with Crippen molar-refractivity contribution in [3.63, 3.8) is 0 Å². The quantitative estimate of drug-likeness (QED) is 0.446. The van der Waals surface area contributed by atoms with Gasteiger partial charge in [0, 0.05) is 12.5 Å². The van der Waals surface area contributed by atoms with Gasteiger partial charge in [-0.1, -0.05) is 6.07 Å². The van der Waals surface area contributed by atoms with Gasteiger partial charge in [0.1, 0.15) is 0 Å². The molecule has 1 aromatic rings. The van der Waals surface area contributed by atoms with Crippen molar-refractivity contribution in [1.29, 1.82) is 5.26 Å². The maximum absolute atomic E-state index is 10.9. The van der Waals surface area contributed by atoms with Gasteiger partial charge < -0.3 is 4.74 Å². The highest BCUT2D eigenvalue weighted by Crippen LogP contribution is 2.32. The SMILES string of the molecule is Cc1cc(C)c(OCCCC#N)c([N+](=O)[O-])c1. The Kier molecular flexibility index (Phi) is 4.46. The van der Waals surface area contributed by atoms with Gasteiger partial charge in [-0.25, -0.2) is 0 Å². The Hall–Kier alpha value is -2.09. The number of nitro groups is 1. The summed E-state index contributed by atoms with van der Waals surface area (Å²) in [5.74, 6) is 0.304. The topological polar surface area (TPSA) is 76.2 Å². The highest BCUT2D eigenvalue weighted by Gasteiger charge is 2.18. The summed E-state index contributed by atoms with van der Waals surface area (Å²) in [6.07, 6.45) is 0.958. The predicted octanol–water partition coefficient (Wildman–Crippen LogP) is 2.89. The zero-order valence-corrected chi connectivity index (χ0v) is 9.90. The third-order valence-corrected chi connectivity index (χ3v) is 2.28. The molecule has 5 heteroatoms. The second-order valence-electron chi connectivity index (χ2n) is 3.80. The lowest BCUT2D eigenvalue weighted by Gasteiger charge is -2.09. The molecule has 0 amide bonds. The van der Waals surface area contributed by atoms with Crippen LogP contribution in [-0.2, 0) is 0 Å². The van der Waals surface area contributed by atoms with Crippen LogP contribution in [0.4, 0.5) is 5.69 Å². The third kappa shape index (κ3) is 3.45. The zero-order chi connectivity index (χ0) is 12.8. The molecule has 90 valence electrons. The number of rotatable bonds is 5. The number of unbranched alkanes of at least 4 members (excludes halogenated alkanes) is 1. The first kappa shape index (κ1) is 13.0.